The molecule has 1 aliphatic heterocycles. The molecule has 1 N–H and O–H groups in total. The summed E-state index contributed by atoms with van der Waals surface area (Å²) >= 11 is 1.26. The van der Waals surface area contributed by atoms with E-state index in [0.717, 1.165) is 0 Å². The number of rotatable bonds is 11. The SMILES string of the molecule is COc1ccc(NC(=O)CSc2nnc(-c3cccc(S(=O)(=O)N4CCOCC4)c3)n2CC(C)C)cc1OC. The van der Waals surface area contributed by atoms with Crippen molar-refractivity contribution in [3.05, 3.63) is 42.5 Å². The van der Waals surface area contributed by atoms with Crippen LogP contribution in [0.3, 0.4) is 0 Å². The number of aromatic nitrogens is 3. The zero-order chi connectivity index (χ0) is 28.0. The Balaban J connectivity index is 1.52. The van der Waals surface area contributed by atoms with Crippen LogP contribution in [0.1, 0.15) is 13.8 Å². The van der Waals surface area contributed by atoms with Gasteiger partial charge in [0.25, 0.3) is 0 Å². The molecule has 0 aliphatic carbocycles. The Morgan fingerprint density at radius 2 is 1.82 bits per heavy atom. The standard InChI is InChI=1S/C26H33N5O6S2/c1-18(2)16-31-25(19-6-5-7-21(14-19)39(33,34)30-10-12-37-13-11-30)28-29-26(31)38-17-24(32)27-20-8-9-22(35-3)23(15-20)36-4/h5-9,14-15,18H,10-13,16-17H2,1-4H3,(H,27,32). The predicted octanol–water partition coefficient (Wildman–Crippen LogP) is 3.37. The highest BCUT2D eigenvalue weighted by atomic mass is 32.2. The van der Waals surface area contributed by atoms with Crippen LogP contribution < -0.4 is 14.8 Å². The molecule has 210 valence electrons. The number of thioether (sulfide) groups is 1. The predicted molar refractivity (Wildman–Crippen MR) is 149 cm³/mol. The molecule has 13 heteroatoms. The van der Waals surface area contributed by atoms with Gasteiger partial charge in [0.15, 0.2) is 22.5 Å². The molecule has 1 fully saturated rings. The van der Waals surface area contributed by atoms with Crippen molar-refractivity contribution in [3.63, 3.8) is 0 Å². The minimum atomic E-state index is -3.66. The number of ether oxygens (including phenoxy) is 3. The fourth-order valence-corrected chi connectivity index (χ4v) is 6.31. The van der Waals surface area contributed by atoms with E-state index in [1.165, 1.54) is 23.2 Å². The van der Waals surface area contributed by atoms with Crippen LogP contribution in [-0.4, -0.2) is 79.7 Å². The molecule has 4 rings (SSSR count). The van der Waals surface area contributed by atoms with Crippen LogP contribution >= 0.6 is 11.8 Å². The number of carbonyl (C=O) groups is 1. The average Bonchev–Trinajstić information content (AvgIpc) is 3.34. The summed E-state index contributed by atoms with van der Waals surface area (Å²) in [4.78, 5) is 12.9. The van der Waals surface area contributed by atoms with Gasteiger partial charge in [-0.3, -0.25) is 4.79 Å². The van der Waals surface area contributed by atoms with E-state index in [9.17, 15) is 13.2 Å². The number of morpholine rings is 1. The highest BCUT2D eigenvalue weighted by molar-refractivity contribution is 7.99. The Morgan fingerprint density at radius 1 is 1.08 bits per heavy atom. The summed E-state index contributed by atoms with van der Waals surface area (Å²) in [5.41, 5.74) is 1.22. The van der Waals surface area contributed by atoms with E-state index >= 15 is 0 Å². The second kappa shape index (κ2) is 12.8. The molecule has 2 heterocycles. The van der Waals surface area contributed by atoms with E-state index in [-0.39, 0.29) is 22.5 Å². The van der Waals surface area contributed by atoms with Crippen molar-refractivity contribution in [2.45, 2.75) is 30.4 Å². The van der Waals surface area contributed by atoms with Gasteiger partial charge >= 0.3 is 0 Å². The molecule has 0 unspecified atom stereocenters. The Kier molecular flexibility index (Phi) is 9.49. The summed E-state index contributed by atoms with van der Waals surface area (Å²) in [6.07, 6.45) is 0. The molecule has 0 saturated carbocycles. The molecule has 11 nitrogen and oxygen atoms in total. The quantitative estimate of drug-likeness (QED) is 0.343. The average molecular weight is 576 g/mol. The minimum Gasteiger partial charge on any atom is -0.493 e. The van der Waals surface area contributed by atoms with Gasteiger partial charge in [-0.25, -0.2) is 8.42 Å². The number of hydrogen-bond donors (Lipinski definition) is 1. The zero-order valence-corrected chi connectivity index (χ0v) is 24.0. The third kappa shape index (κ3) is 6.90. The normalized spacial score (nSPS) is 14.4. The van der Waals surface area contributed by atoms with Crippen molar-refractivity contribution in [2.24, 2.45) is 5.92 Å². The van der Waals surface area contributed by atoms with Crippen molar-refractivity contribution in [2.75, 3.05) is 51.6 Å². The maximum absolute atomic E-state index is 13.2. The van der Waals surface area contributed by atoms with E-state index in [4.69, 9.17) is 14.2 Å². The number of sulfonamides is 1. The zero-order valence-electron chi connectivity index (χ0n) is 22.4. The lowest BCUT2D eigenvalue weighted by Crippen LogP contribution is -2.40. The monoisotopic (exact) mass is 575 g/mol. The van der Waals surface area contributed by atoms with Crippen LogP contribution in [0.4, 0.5) is 5.69 Å². The first-order valence-corrected chi connectivity index (χ1v) is 14.9. The van der Waals surface area contributed by atoms with Crippen LogP contribution in [0.5, 0.6) is 11.5 Å². The van der Waals surface area contributed by atoms with Crippen LogP contribution in [0.2, 0.25) is 0 Å². The molecular weight excluding hydrogens is 542 g/mol. The molecule has 1 aromatic heterocycles. The second-order valence-corrected chi connectivity index (χ2v) is 12.1. The number of benzene rings is 2. The van der Waals surface area contributed by atoms with Crippen molar-refractivity contribution in [1.82, 2.24) is 19.1 Å². The summed E-state index contributed by atoms with van der Waals surface area (Å²) in [6, 6.07) is 11.9. The van der Waals surface area contributed by atoms with E-state index in [0.29, 0.717) is 66.6 Å². The highest BCUT2D eigenvalue weighted by Gasteiger charge is 2.27. The topological polar surface area (TPSA) is 125 Å². The van der Waals surface area contributed by atoms with Gasteiger partial charge < -0.3 is 24.1 Å². The van der Waals surface area contributed by atoms with Gasteiger partial charge in [-0.2, -0.15) is 4.31 Å². The summed E-state index contributed by atoms with van der Waals surface area (Å²) in [5, 5.41) is 12.2. The molecule has 0 radical (unpaired) electrons. The number of nitrogens with zero attached hydrogens (tertiary/aromatic N) is 4. The number of amides is 1. The second-order valence-electron chi connectivity index (χ2n) is 9.26. The highest BCUT2D eigenvalue weighted by Crippen LogP contribution is 2.31. The summed E-state index contributed by atoms with van der Waals surface area (Å²) in [7, 11) is -0.578. The largest absolute Gasteiger partial charge is 0.493 e. The molecular formula is C26H33N5O6S2. The van der Waals surface area contributed by atoms with Gasteiger partial charge in [0.1, 0.15) is 0 Å². The molecule has 1 aliphatic rings. The summed E-state index contributed by atoms with van der Waals surface area (Å²) in [5.74, 6) is 1.79. The van der Waals surface area contributed by atoms with Gasteiger partial charge in [-0.1, -0.05) is 37.7 Å². The first-order chi connectivity index (χ1) is 18.7. The summed E-state index contributed by atoms with van der Waals surface area (Å²) < 4.78 is 45.6. The van der Waals surface area contributed by atoms with Gasteiger partial charge in [0, 0.05) is 37.0 Å². The molecule has 0 atom stereocenters. The Bertz CT molecular complexity index is 1400. The van der Waals surface area contributed by atoms with Crippen molar-refractivity contribution >= 4 is 33.4 Å². The smallest absolute Gasteiger partial charge is 0.243 e. The molecule has 2 aromatic carbocycles. The van der Waals surface area contributed by atoms with Gasteiger partial charge in [-0.15, -0.1) is 10.2 Å². The Labute approximate surface area is 232 Å². The van der Waals surface area contributed by atoms with Gasteiger partial charge in [0.2, 0.25) is 15.9 Å². The molecule has 0 spiro atoms. The molecule has 39 heavy (non-hydrogen) atoms. The first-order valence-electron chi connectivity index (χ1n) is 12.5. The Morgan fingerprint density at radius 3 is 2.51 bits per heavy atom. The number of nitrogens with one attached hydrogen (secondary N) is 1. The first kappa shape index (κ1) is 28.9. The lowest BCUT2D eigenvalue weighted by molar-refractivity contribution is -0.113. The van der Waals surface area contributed by atoms with E-state index in [2.05, 4.69) is 29.4 Å². The third-order valence-electron chi connectivity index (χ3n) is 5.96. The van der Waals surface area contributed by atoms with Crippen LogP contribution in [-0.2, 0) is 26.1 Å². The van der Waals surface area contributed by atoms with E-state index in [1.54, 1.807) is 43.5 Å². The maximum atomic E-state index is 13.2. The molecule has 1 amide bonds. The number of hydrogen-bond acceptors (Lipinski definition) is 9. The van der Waals surface area contributed by atoms with Crippen LogP contribution in [0.25, 0.3) is 11.4 Å². The number of methoxy groups -OCH3 is 2. The lowest BCUT2D eigenvalue weighted by atomic mass is 10.2. The van der Waals surface area contributed by atoms with Crippen molar-refractivity contribution < 1.29 is 27.4 Å². The van der Waals surface area contributed by atoms with Crippen molar-refractivity contribution in [1.29, 1.82) is 0 Å². The van der Waals surface area contributed by atoms with E-state index < -0.39 is 10.0 Å². The van der Waals surface area contributed by atoms with Crippen LogP contribution in [0.15, 0.2) is 52.5 Å². The van der Waals surface area contributed by atoms with E-state index in [1.807, 2.05) is 10.6 Å². The Hall–Kier alpha value is -3.13. The van der Waals surface area contributed by atoms with Crippen molar-refractivity contribution in [3.8, 4) is 22.9 Å². The number of anilines is 1. The fraction of sp³-hybridized carbons (Fsp3) is 0.423. The fourth-order valence-electron chi connectivity index (χ4n) is 4.11. The van der Waals surface area contributed by atoms with Gasteiger partial charge in [0.05, 0.1) is 38.1 Å². The molecule has 3 aromatic rings. The van der Waals surface area contributed by atoms with Crippen LogP contribution in [0, 0.1) is 5.92 Å². The molecule has 1 saturated heterocycles. The minimum absolute atomic E-state index is 0.107. The molecule has 0 bridgehead atoms. The summed E-state index contributed by atoms with van der Waals surface area (Å²) in [6.45, 7) is 6.14. The van der Waals surface area contributed by atoms with Gasteiger partial charge in [-0.05, 0) is 30.2 Å². The third-order valence-corrected chi connectivity index (χ3v) is 8.83. The number of carbonyl (C=O) groups excluding carboxylic acids is 1. The maximum Gasteiger partial charge on any atom is 0.243 e. The lowest BCUT2D eigenvalue weighted by Gasteiger charge is -2.26.